The largest absolute Gasteiger partial charge is 0.381 e. The van der Waals surface area contributed by atoms with Gasteiger partial charge in [-0.3, -0.25) is 9.69 Å². The molecule has 2 heterocycles. The molecular weight excluding hydrogens is 307 g/mol. The summed E-state index contributed by atoms with van der Waals surface area (Å²) in [5.74, 6) is 0.0369. The molecule has 1 aromatic carbocycles. The molecule has 1 aromatic rings. The van der Waals surface area contributed by atoms with Gasteiger partial charge in [0.15, 0.2) is 0 Å². The molecule has 2 saturated heterocycles. The molecule has 6 heteroatoms. The van der Waals surface area contributed by atoms with Crippen molar-refractivity contribution in [2.45, 2.75) is 18.9 Å². The SMILES string of the molecule is CN(C[C@@H]1CCOC1)[C@@H]1CCN(c2ccc(Cl)c(F)c2)C1=O. The zero-order valence-electron chi connectivity index (χ0n) is 12.6. The van der Waals surface area contributed by atoms with Gasteiger partial charge < -0.3 is 9.64 Å². The first-order valence-electron chi connectivity index (χ1n) is 7.60. The van der Waals surface area contributed by atoms with Crippen LogP contribution < -0.4 is 4.90 Å². The summed E-state index contributed by atoms with van der Waals surface area (Å²) in [6, 6.07) is 4.37. The summed E-state index contributed by atoms with van der Waals surface area (Å²) in [6.45, 7) is 3.06. The van der Waals surface area contributed by atoms with Crippen molar-refractivity contribution < 1.29 is 13.9 Å². The van der Waals surface area contributed by atoms with Crippen LogP contribution in [-0.4, -0.2) is 50.2 Å². The number of carbonyl (C=O) groups excluding carboxylic acids is 1. The number of halogens is 2. The molecule has 22 heavy (non-hydrogen) atoms. The third-order valence-electron chi connectivity index (χ3n) is 4.49. The van der Waals surface area contributed by atoms with E-state index in [1.165, 1.54) is 12.1 Å². The number of benzene rings is 1. The third-order valence-corrected chi connectivity index (χ3v) is 4.80. The van der Waals surface area contributed by atoms with Crippen LogP contribution in [0.25, 0.3) is 0 Å². The Kier molecular flexibility index (Phi) is 4.66. The summed E-state index contributed by atoms with van der Waals surface area (Å²) in [5, 5.41) is 0.0743. The summed E-state index contributed by atoms with van der Waals surface area (Å²) in [7, 11) is 1.98. The second-order valence-electron chi connectivity index (χ2n) is 6.06. The normalized spacial score (nSPS) is 25.5. The molecule has 0 unspecified atom stereocenters. The van der Waals surface area contributed by atoms with E-state index in [9.17, 15) is 9.18 Å². The van der Waals surface area contributed by atoms with Crippen molar-refractivity contribution in [1.29, 1.82) is 0 Å². The Morgan fingerprint density at radius 1 is 1.45 bits per heavy atom. The lowest BCUT2D eigenvalue weighted by Crippen LogP contribution is -2.42. The van der Waals surface area contributed by atoms with Crippen molar-refractivity contribution in [3.8, 4) is 0 Å². The van der Waals surface area contributed by atoms with Crippen molar-refractivity contribution >= 4 is 23.2 Å². The lowest BCUT2D eigenvalue weighted by atomic mass is 10.1. The Labute approximate surface area is 134 Å². The molecule has 1 amide bonds. The number of likely N-dealkylation sites (N-methyl/N-ethyl adjacent to an activating group) is 1. The molecule has 0 N–H and O–H groups in total. The topological polar surface area (TPSA) is 32.8 Å². The predicted octanol–water partition coefficient (Wildman–Crippen LogP) is 2.55. The van der Waals surface area contributed by atoms with E-state index in [-0.39, 0.29) is 17.0 Å². The molecule has 3 rings (SSSR count). The number of nitrogens with zero attached hydrogens (tertiary/aromatic N) is 2. The van der Waals surface area contributed by atoms with Crippen LogP contribution in [0.2, 0.25) is 5.02 Å². The molecule has 0 bridgehead atoms. The lowest BCUT2D eigenvalue weighted by molar-refractivity contribution is -0.121. The quantitative estimate of drug-likeness (QED) is 0.852. The number of anilines is 1. The van der Waals surface area contributed by atoms with Gasteiger partial charge in [0, 0.05) is 25.4 Å². The number of amides is 1. The number of ether oxygens (including phenoxy) is 1. The molecule has 0 aromatic heterocycles. The fraction of sp³-hybridized carbons (Fsp3) is 0.562. The van der Waals surface area contributed by atoms with E-state index in [1.807, 2.05) is 7.05 Å². The van der Waals surface area contributed by atoms with Crippen LogP contribution in [0.1, 0.15) is 12.8 Å². The van der Waals surface area contributed by atoms with Crippen molar-refractivity contribution in [3.63, 3.8) is 0 Å². The number of rotatable bonds is 4. The van der Waals surface area contributed by atoms with Crippen molar-refractivity contribution in [3.05, 3.63) is 29.0 Å². The van der Waals surface area contributed by atoms with E-state index in [0.29, 0.717) is 18.2 Å². The molecule has 2 aliphatic heterocycles. The first kappa shape index (κ1) is 15.7. The van der Waals surface area contributed by atoms with E-state index in [0.717, 1.165) is 32.6 Å². The minimum atomic E-state index is -0.494. The van der Waals surface area contributed by atoms with Crippen LogP contribution in [0.5, 0.6) is 0 Å². The van der Waals surface area contributed by atoms with Gasteiger partial charge in [-0.05, 0) is 44.0 Å². The fourth-order valence-electron chi connectivity index (χ4n) is 3.24. The Morgan fingerprint density at radius 3 is 2.95 bits per heavy atom. The Morgan fingerprint density at radius 2 is 2.27 bits per heavy atom. The summed E-state index contributed by atoms with van der Waals surface area (Å²) >= 11 is 5.70. The highest BCUT2D eigenvalue weighted by atomic mass is 35.5. The molecule has 0 spiro atoms. The number of hydrogen-bond acceptors (Lipinski definition) is 3. The fourth-order valence-corrected chi connectivity index (χ4v) is 3.36. The van der Waals surface area contributed by atoms with Gasteiger partial charge in [-0.1, -0.05) is 11.6 Å². The highest BCUT2D eigenvalue weighted by molar-refractivity contribution is 6.30. The van der Waals surface area contributed by atoms with Gasteiger partial charge in [0.05, 0.1) is 17.7 Å². The Hall–Kier alpha value is -1.17. The minimum absolute atomic E-state index is 0.0307. The van der Waals surface area contributed by atoms with Crippen LogP contribution in [0, 0.1) is 11.7 Å². The monoisotopic (exact) mass is 326 g/mol. The molecule has 120 valence electrons. The van der Waals surface area contributed by atoms with E-state index >= 15 is 0 Å². The average Bonchev–Trinajstić information content (AvgIpc) is 3.11. The first-order chi connectivity index (χ1) is 10.6. The zero-order chi connectivity index (χ0) is 15.7. The molecule has 0 aliphatic carbocycles. The standard InChI is InChI=1S/C16H20ClFN2O2/c1-19(9-11-5-7-22-10-11)15-4-6-20(16(15)21)12-2-3-13(17)14(18)8-12/h2-3,8,11,15H,4-7,9-10H2,1H3/t11-,15+/m0/s1. The highest BCUT2D eigenvalue weighted by Gasteiger charge is 2.36. The maximum Gasteiger partial charge on any atom is 0.244 e. The molecule has 2 fully saturated rings. The molecule has 0 saturated carbocycles. The molecule has 2 atom stereocenters. The van der Waals surface area contributed by atoms with Crippen molar-refractivity contribution in [2.24, 2.45) is 5.92 Å². The average molecular weight is 327 g/mol. The molecular formula is C16H20ClFN2O2. The van der Waals surface area contributed by atoms with Crippen LogP contribution in [0.4, 0.5) is 10.1 Å². The summed E-state index contributed by atoms with van der Waals surface area (Å²) < 4.78 is 19.0. The molecule has 2 aliphatic rings. The number of carbonyl (C=O) groups is 1. The van der Waals surface area contributed by atoms with Gasteiger partial charge in [0.25, 0.3) is 0 Å². The Bertz CT molecular complexity index is 563. The lowest BCUT2D eigenvalue weighted by Gasteiger charge is -2.26. The van der Waals surface area contributed by atoms with Gasteiger partial charge in [-0.15, -0.1) is 0 Å². The first-order valence-corrected chi connectivity index (χ1v) is 7.98. The van der Waals surface area contributed by atoms with Crippen molar-refractivity contribution in [2.75, 3.05) is 38.3 Å². The van der Waals surface area contributed by atoms with E-state index in [2.05, 4.69) is 4.90 Å². The van der Waals surface area contributed by atoms with E-state index in [4.69, 9.17) is 16.3 Å². The summed E-state index contributed by atoms with van der Waals surface area (Å²) in [5.41, 5.74) is 0.576. The van der Waals surface area contributed by atoms with Gasteiger partial charge >= 0.3 is 0 Å². The minimum Gasteiger partial charge on any atom is -0.381 e. The molecule has 4 nitrogen and oxygen atoms in total. The second kappa shape index (κ2) is 6.52. The highest BCUT2D eigenvalue weighted by Crippen LogP contribution is 2.28. The Balaban J connectivity index is 1.67. The zero-order valence-corrected chi connectivity index (χ0v) is 13.4. The van der Waals surface area contributed by atoms with Crippen LogP contribution >= 0.6 is 11.6 Å². The maximum atomic E-state index is 13.6. The van der Waals surface area contributed by atoms with Crippen LogP contribution in [-0.2, 0) is 9.53 Å². The smallest absolute Gasteiger partial charge is 0.244 e. The van der Waals surface area contributed by atoms with Gasteiger partial charge in [0.1, 0.15) is 5.82 Å². The van der Waals surface area contributed by atoms with Gasteiger partial charge in [0.2, 0.25) is 5.91 Å². The van der Waals surface area contributed by atoms with E-state index < -0.39 is 5.82 Å². The van der Waals surface area contributed by atoms with Crippen molar-refractivity contribution in [1.82, 2.24) is 4.90 Å². The number of hydrogen-bond donors (Lipinski definition) is 0. The second-order valence-corrected chi connectivity index (χ2v) is 6.47. The summed E-state index contributed by atoms with van der Waals surface area (Å²) in [4.78, 5) is 16.4. The van der Waals surface area contributed by atoms with Crippen LogP contribution in [0.15, 0.2) is 18.2 Å². The predicted molar refractivity (Wildman–Crippen MR) is 83.7 cm³/mol. The van der Waals surface area contributed by atoms with Gasteiger partial charge in [-0.25, -0.2) is 4.39 Å². The maximum absolute atomic E-state index is 13.6. The van der Waals surface area contributed by atoms with Crippen LogP contribution in [0.3, 0.4) is 0 Å². The van der Waals surface area contributed by atoms with Gasteiger partial charge in [-0.2, -0.15) is 0 Å². The molecule has 0 radical (unpaired) electrons. The third kappa shape index (κ3) is 3.12. The summed E-state index contributed by atoms with van der Waals surface area (Å²) in [6.07, 6.45) is 1.81. The van der Waals surface area contributed by atoms with E-state index in [1.54, 1.807) is 11.0 Å².